The zero-order valence-electron chi connectivity index (χ0n) is 18.3. The first kappa shape index (κ1) is 22.5. The number of hydrogen-bond acceptors (Lipinski definition) is 3. The van der Waals surface area contributed by atoms with Crippen LogP contribution in [0.4, 0.5) is 11.4 Å². The molecule has 160 valence electrons. The highest BCUT2D eigenvalue weighted by molar-refractivity contribution is 7.80. The molecular weight excluding hydrogens is 402 g/mol. The maximum atomic E-state index is 13.2. The second kappa shape index (κ2) is 10.7. The Kier molecular flexibility index (Phi) is 7.79. The molecule has 5 heteroatoms. The number of anilines is 2. The van der Waals surface area contributed by atoms with Crippen molar-refractivity contribution in [1.29, 1.82) is 0 Å². The minimum atomic E-state index is -0.437. The number of amides is 1. The summed E-state index contributed by atoms with van der Waals surface area (Å²) >= 11 is 5.47. The van der Waals surface area contributed by atoms with Crippen LogP contribution >= 0.6 is 12.2 Å². The molecule has 0 radical (unpaired) electrons. The van der Waals surface area contributed by atoms with E-state index >= 15 is 0 Å². The van der Waals surface area contributed by atoms with E-state index in [-0.39, 0.29) is 5.91 Å². The Morgan fingerprint density at radius 3 is 1.94 bits per heavy atom. The van der Waals surface area contributed by atoms with Crippen LogP contribution in [-0.2, 0) is 4.79 Å². The van der Waals surface area contributed by atoms with Crippen molar-refractivity contribution in [2.24, 2.45) is 0 Å². The lowest BCUT2D eigenvalue weighted by Gasteiger charge is -2.23. The fraction of sp³-hybridized carbons (Fsp3) is 0.231. The summed E-state index contributed by atoms with van der Waals surface area (Å²) in [6, 6.07) is 25.7. The fourth-order valence-electron chi connectivity index (χ4n) is 3.70. The molecule has 0 fully saturated rings. The molecule has 3 aromatic carbocycles. The minimum absolute atomic E-state index is 0.160. The highest BCUT2D eigenvalue weighted by atomic mass is 32.1. The average molecular weight is 432 g/mol. The van der Waals surface area contributed by atoms with Gasteiger partial charge in [-0.05, 0) is 67.9 Å². The van der Waals surface area contributed by atoms with Crippen molar-refractivity contribution in [2.75, 3.05) is 23.3 Å². The zero-order chi connectivity index (χ0) is 22.2. The average Bonchev–Trinajstić information content (AvgIpc) is 2.78. The molecule has 1 amide bonds. The number of hydrogen-bond donors (Lipinski definition) is 2. The normalized spacial score (nSPS) is 10.6. The van der Waals surface area contributed by atoms with Gasteiger partial charge in [-0.15, -0.1) is 0 Å². The molecular formula is C26H29N3OS. The van der Waals surface area contributed by atoms with Crippen molar-refractivity contribution in [1.82, 2.24) is 5.32 Å². The zero-order valence-corrected chi connectivity index (χ0v) is 19.1. The Labute approximate surface area is 190 Å². The van der Waals surface area contributed by atoms with Crippen molar-refractivity contribution in [2.45, 2.75) is 26.7 Å². The third kappa shape index (κ3) is 5.70. The van der Waals surface area contributed by atoms with Crippen LogP contribution in [0, 0.1) is 6.92 Å². The Hall–Kier alpha value is -3.18. The van der Waals surface area contributed by atoms with Crippen LogP contribution in [0.15, 0.2) is 78.9 Å². The van der Waals surface area contributed by atoms with Gasteiger partial charge in [0.25, 0.3) is 0 Å². The van der Waals surface area contributed by atoms with Gasteiger partial charge >= 0.3 is 0 Å². The number of nitrogens with one attached hydrogen (secondary N) is 2. The lowest BCUT2D eigenvalue weighted by atomic mass is 9.90. The first-order chi connectivity index (χ1) is 15.0. The van der Waals surface area contributed by atoms with Crippen molar-refractivity contribution in [3.63, 3.8) is 0 Å². The second-order valence-electron chi connectivity index (χ2n) is 7.37. The van der Waals surface area contributed by atoms with Gasteiger partial charge in [-0.3, -0.25) is 4.79 Å². The van der Waals surface area contributed by atoms with Gasteiger partial charge in [-0.2, -0.15) is 0 Å². The Morgan fingerprint density at radius 2 is 1.45 bits per heavy atom. The van der Waals surface area contributed by atoms with Crippen LogP contribution in [-0.4, -0.2) is 24.1 Å². The largest absolute Gasteiger partial charge is 0.372 e. The molecule has 3 aromatic rings. The topological polar surface area (TPSA) is 44.4 Å². The molecule has 3 rings (SSSR count). The minimum Gasteiger partial charge on any atom is -0.372 e. The summed E-state index contributed by atoms with van der Waals surface area (Å²) in [6.07, 6.45) is 0. The van der Waals surface area contributed by atoms with Gasteiger partial charge in [0, 0.05) is 24.5 Å². The number of thiocarbonyl (C=S) groups is 1. The summed E-state index contributed by atoms with van der Waals surface area (Å²) in [7, 11) is 0. The van der Waals surface area contributed by atoms with Crippen LogP contribution in [0.1, 0.15) is 36.5 Å². The van der Waals surface area contributed by atoms with E-state index in [1.54, 1.807) is 0 Å². The molecule has 0 aliphatic carbocycles. The van der Waals surface area contributed by atoms with Crippen LogP contribution in [0.2, 0.25) is 0 Å². The molecule has 2 N–H and O–H groups in total. The Morgan fingerprint density at radius 1 is 0.903 bits per heavy atom. The first-order valence-electron chi connectivity index (χ1n) is 10.6. The summed E-state index contributed by atoms with van der Waals surface area (Å²) in [5, 5.41) is 6.36. The molecule has 0 aliphatic heterocycles. The first-order valence-corrected chi connectivity index (χ1v) is 11.0. The number of nitrogens with zero attached hydrogens (tertiary/aromatic N) is 1. The SMILES string of the molecule is CCN(CC)c1ccc(NC(=S)NC(=O)C(c2ccccc2)c2ccccc2)c(C)c1. The molecule has 0 atom stereocenters. The van der Waals surface area contributed by atoms with Gasteiger partial charge in [0.1, 0.15) is 0 Å². The van der Waals surface area contributed by atoms with Crippen molar-refractivity contribution in [3.05, 3.63) is 95.6 Å². The standard InChI is InChI=1S/C26H29N3OS/c1-4-29(5-2)22-16-17-23(19(3)18-22)27-26(31)28-25(30)24(20-12-8-6-9-13-20)21-14-10-7-11-15-21/h6-18,24H,4-5H2,1-3H3,(H2,27,28,30,31). The highest BCUT2D eigenvalue weighted by Gasteiger charge is 2.23. The summed E-state index contributed by atoms with van der Waals surface area (Å²) in [6.45, 7) is 8.24. The molecule has 31 heavy (non-hydrogen) atoms. The predicted molar refractivity (Wildman–Crippen MR) is 134 cm³/mol. The molecule has 0 spiro atoms. The van der Waals surface area contributed by atoms with E-state index in [2.05, 4.69) is 41.5 Å². The molecule has 0 bridgehead atoms. The molecule has 0 saturated heterocycles. The monoisotopic (exact) mass is 431 g/mol. The lowest BCUT2D eigenvalue weighted by Crippen LogP contribution is -2.38. The van der Waals surface area contributed by atoms with Crippen LogP contribution < -0.4 is 15.5 Å². The number of benzene rings is 3. The maximum Gasteiger partial charge on any atom is 0.238 e. The fourth-order valence-corrected chi connectivity index (χ4v) is 3.91. The Bertz CT molecular complexity index is 978. The van der Waals surface area contributed by atoms with E-state index in [9.17, 15) is 4.79 Å². The van der Waals surface area contributed by atoms with Crippen molar-refractivity contribution < 1.29 is 4.79 Å². The Balaban J connectivity index is 1.75. The van der Waals surface area contributed by atoms with E-state index < -0.39 is 5.92 Å². The third-order valence-corrected chi connectivity index (χ3v) is 5.56. The predicted octanol–water partition coefficient (Wildman–Crippen LogP) is 5.49. The highest BCUT2D eigenvalue weighted by Crippen LogP contribution is 2.25. The lowest BCUT2D eigenvalue weighted by molar-refractivity contribution is -0.120. The van der Waals surface area contributed by atoms with E-state index in [0.29, 0.717) is 5.11 Å². The van der Waals surface area contributed by atoms with Crippen molar-refractivity contribution >= 4 is 34.6 Å². The van der Waals surface area contributed by atoms with Crippen molar-refractivity contribution in [3.8, 4) is 0 Å². The van der Waals surface area contributed by atoms with Gasteiger partial charge in [-0.25, -0.2) is 0 Å². The molecule has 0 aromatic heterocycles. The van der Waals surface area contributed by atoms with Gasteiger partial charge in [0.15, 0.2) is 5.11 Å². The smallest absolute Gasteiger partial charge is 0.238 e. The molecule has 0 saturated carbocycles. The maximum absolute atomic E-state index is 13.2. The van der Waals surface area contributed by atoms with Crippen LogP contribution in [0.25, 0.3) is 0 Å². The molecule has 0 aliphatic rings. The van der Waals surface area contributed by atoms with E-state index in [1.165, 1.54) is 5.69 Å². The molecule has 0 heterocycles. The quantitative estimate of drug-likeness (QED) is 0.486. The molecule has 0 unspecified atom stereocenters. The van der Waals surface area contributed by atoms with E-state index in [0.717, 1.165) is 35.5 Å². The number of carbonyl (C=O) groups is 1. The van der Waals surface area contributed by atoms with E-state index in [1.807, 2.05) is 73.7 Å². The van der Waals surface area contributed by atoms with Gasteiger partial charge < -0.3 is 15.5 Å². The molecule has 4 nitrogen and oxygen atoms in total. The van der Waals surface area contributed by atoms with Gasteiger partial charge in [0.05, 0.1) is 5.92 Å². The van der Waals surface area contributed by atoms with Gasteiger partial charge in [0.2, 0.25) is 5.91 Å². The number of carbonyl (C=O) groups excluding carboxylic acids is 1. The number of aryl methyl sites for hydroxylation is 1. The van der Waals surface area contributed by atoms with Crippen LogP contribution in [0.5, 0.6) is 0 Å². The summed E-state index contributed by atoms with van der Waals surface area (Å²) < 4.78 is 0. The van der Waals surface area contributed by atoms with E-state index in [4.69, 9.17) is 12.2 Å². The van der Waals surface area contributed by atoms with Gasteiger partial charge in [-0.1, -0.05) is 60.7 Å². The second-order valence-corrected chi connectivity index (χ2v) is 7.78. The summed E-state index contributed by atoms with van der Waals surface area (Å²) in [5.41, 5.74) is 4.99. The third-order valence-electron chi connectivity index (χ3n) is 5.35. The summed E-state index contributed by atoms with van der Waals surface area (Å²) in [4.78, 5) is 15.5. The number of rotatable bonds is 7. The summed E-state index contributed by atoms with van der Waals surface area (Å²) in [5.74, 6) is -0.597. The van der Waals surface area contributed by atoms with Crippen LogP contribution in [0.3, 0.4) is 0 Å².